The second-order valence-electron chi connectivity index (χ2n) is 5.10. The summed E-state index contributed by atoms with van der Waals surface area (Å²) in [5.74, 6) is 0.193. The second kappa shape index (κ2) is 8.60. The molecule has 0 fully saturated rings. The maximum atomic E-state index is 11.9. The van der Waals surface area contributed by atoms with Gasteiger partial charge in [0.05, 0.1) is 24.4 Å². The molecule has 0 aliphatic heterocycles. The number of hydrogen-bond donors (Lipinski definition) is 3. The maximum Gasteiger partial charge on any atom is 0.259 e. The number of rotatable bonds is 6. The quantitative estimate of drug-likeness (QED) is 0.526. The fraction of sp³-hybridized carbons (Fsp3) is 0.176. The zero-order chi connectivity index (χ0) is 18.4. The van der Waals surface area contributed by atoms with Crippen LogP contribution in [-0.2, 0) is 4.79 Å². The van der Waals surface area contributed by atoms with E-state index in [1.165, 1.54) is 12.1 Å². The number of amides is 1. The lowest BCUT2D eigenvalue weighted by Crippen LogP contribution is -2.26. The van der Waals surface area contributed by atoms with Crippen LogP contribution in [0, 0.1) is 0 Å². The van der Waals surface area contributed by atoms with Gasteiger partial charge in [0.25, 0.3) is 5.91 Å². The Morgan fingerprint density at radius 2 is 2.04 bits per heavy atom. The molecule has 0 unspecified atom stereocenters. The van der Waals surface area contributed by atoms with Crippen molar-refractivity contribution < 1.29 is 14.6 Å². The first-order chi connectivity index (χ1) is 11.9. The van der Waals surface area contributed by atoms with Crippen molar-refractivity contribution in [3.05, 3.63) is 52.0 Å². The van der Waals surface area contributed by atoms with Gasteiger partial charge in [0.2, 0.25) is 0 Å². The van der Waals surface area contributed by atoms with E-state index in [2.05, 4.69) is 15.8 Å². The highest BCUT2D eigenvalue weighted by Gasteiger charge is 2.11. The Morgan fingerprint density at radius 1 is 1.28 bits per heavy atom. The van der Waals surface area contributed by atoms with Gasteiger partial charge in [0.15, 0.2) is 0 Å². The van der Waals surface area contributed by atoms with Crippen LogP contribution in [-0.4, -0.2) is 30.4 Å². The Kier molecular flexibility index (Phi) is 6.50. The lowest BCUT2D eigenvalue weighted by molar-refractivity contribution is -0.119. The van der Waals surface area contributed by atoms with Crippen molar-refractivity contribution in [1.29, 1.82) is 0 Å². The molecule has 8 heteroatoms. The van der Waals surface area contributed by atoms with Gasteiger partial charge in [0.1, 0.15) is 11.5 Å². The van der Waals surface area contributed by atoms with Gasteiger partial charge in [-0.1, -0.05) is 29.3 Å². The van der Waals surface area contributed by atoms with E-state index in [1.54, 1.807) is 20.1 Å². The number of phenolic OH excluding ortho intramolecular Hbond substituents is 1. The van der Waals surface area contributed by atoms with Gasteiger partial charge < -0.3 is 15.2 Å². The molecule has 0 radical (unpaired) electrons. The zero-order valence-corrected chi connectivity index (χ0v) is 15.1. The maximum absolute atomic E-state index is 11.9. The molecule has 0 heterocycles. The highest BCUT2D eigenvalue weighted by molar-refractivity contribution is 6.36. The number of benzene rings is 2. The molecule has 3 N–H and O–H groups in total. The minimum absolute atomic E-state index is 0.0201. The molecule has 2 aromatic carbocycles. The van der Waals surface area contributed by atoms with Crippen molar-refractivity contribution in [2.24, 2.45) is 5.10 Å². The molecule has 25 heavy (non-hydrogen) atoms. The van der Waals surface area contributed by atoms with Crippen LogP contribution in [0.15, 0.2) is 41.5 Å². The van der Waals surface area contributed by atoms with Crippen molar-refractivity contribution in [3.8, 4) is 11.5 Å². The normalized spacial score (nSPS) is 11.1. The summed E-state index contributed by atoms with van der Waals surface area (Å²) in [4.78, 5) is 11.9. The number of phenols is 1. The first-order valence-electron chi connectivity index (χ1n) is 7.30. The summed E-state index contributed by atoms with van der Waals surface area (Å²) in [5, 5.41) is 17.3. The van der Waals surface area contributed by atoms with E-state index in [-0.39, 0.29) is 23.2 Å². The average Bonchev–Trinajstić information content (AvgIpc) is 2.61. The standard InChI is InChI=1S/C17H17Cl2N3O3/c1-10(14-6-11(18)7-15(19)17(14)24)21-22-16(23)9-20-12-4-3-5-13(8-12)25-2/h3-8,20,24H,9H2,1-2H3,(H,22,23)/b21-10+. The molecule has 1 amide bonds. The smallest absolute Gasteiger partial charge is 0.259 e. The predicted molar refractivity (Wildman–Crippen MR) is 100.0 cm³/mol. The van der Waals surface area contributed by atoms with E-state index in [0.717, 1.165) is 5.69 Å². The van der Waals surface area contributed by atoms with Gasteiger partial charge in [-0.3, -0.25) is 4.79 Å². The molecule has 0 bridgehead atoms. The third-order valence-corrected chi connectivity index (χ3v) is 3.80. The monoisotopic (exact) mass is 381 g/mol. The lowest BCUT2D eigenvalue weighted by atomic mass is 10.1. The minimum Gasteiger partial charge on any atom is -0.506 e. The van der Waals surface area contributed by atoms with E-state index in [9.17, 15) is 9.90 Å². The summed E-state index contributed by atoms with van der Waals surface area (Å²) in [6, 6.07) is 10.1. The third-order valence-electron chi connectivity index (χ3n) is 3.29. The molecule has 0 aliphatic carbocycles. The van der Waals surface area contributed by atoms with Gasteiger partial charge in [-0.15, -0.1) is 0 Å². The minimum atomic E-state index is -0.352. The number of nitrogens with one attached hydrogen (secondary N) is 2. The second-order valence-corrected chi connectivity index (χ2v) is 5.95. The average molecular weight is 382 g/mol. The van der Waals surface area contributed by atoms with Crippen molar-refractivity contribution in [3.63, 3.8) is 0 Å². The largest absolute Gasteiger partial charge is 0.506 e. The number of hydrazone groups is 1. The Balaban J connectivity index is 1.97. The van der Waals surface area contributed by atoms with Crippen LogP contribution in [0.5, 0.6) is 11.5 Å². The molecule has 0 aromatic heterocycles. The van der Waals surface area contributed by atoms with Crippen molar-refractivity contribution in [1.82, 2.24) is 5.43 Å². The van der Waals surface area contributed by atoms with Crippen LogP contribution >= 0.6 is 23.2 Å². The van der Waals surface area contributed by atoms with E-state index >= 15 is 0 Å². The first kappa shape index (κ1) is 18.9. The summed E-state index contributed by atoms with van der Waals surface area (Å²) in [6.07, 6.45) is 0. The molecule has 2 rings (SSSR count). The highest BCUT2D eigenvalue weighted by Crippen LogP contribution is 2.31. The zero-order valence-electron chi connectivity index (χ0n) is 13.6. The van der Waals surface area contributed by atoms with E-state index in [0.29, 0.717) is 22.0 Å². The number of carbonyl (C=O) groups is 1. The molecule has 132 valence electrons. The molecule has 0 aliphatic rings. The number of anilines is 1. The number of hydrogen-bond acceptors (Lipinski definition) is 5. The number of methoxy groups -OCH3 is 1. The van der Waals surface area contributed by atoms with Crippen LogP contribution in [0.4, 0.5) is 5.69 Å². The van der Waals surface area contributed by atoms with Crippen molar-refractivity contribution >= 4 is 40.5 Å². The van der Waals surface area contributed by atoms with Crippen LogP contribution < -0.4 is 15.5 Å². The van der Waals surface area contributed by atoms with E-state index in [1.807, 2.05) is 18.2 Å². The number of ether oxygens (including phenoxy) is 1. The topological polar surface area (TPSA) is 83.0 Å². The van der Waals surface area contributed by atoms with Gasteiger partial charge in [-0.2, -0.15) is 5.10 Å². The number of aromatic hydroxyl groups is 1. The molecule has 2 aromatic rings. The Hall–Kier alpha value is -2.44. The third kappa shape index (κ3) is 5.27. The first-order valence-corrected chi connectivity index (χ1v) is 8.05. The SMILES string of the molecule is COc1cccc(NCC(=O)N/N=C(\C)c2cc(Cl)cc(Cl)c2O)c1. The fourth-order valence-electron chi connectivity index (χ4n) is 2.00. The van der Waals surface area contributed by atoms with Gasteiger partial charge >= 0.3 is 0 Å². The Morgan fingerprint density at radius 3 is 2.76 bits per heavy atom. The Labute approximate surface area is 155 Å². The number of halogens is 2. The van der Waals surface area contributed by atoms with Gasteiger partial charge in [-0.25, -0.2) is 5.43 Å². The lowest BCUT2D eigenvalue weighted by Gasteiger charge is -2.09. The van der Waals surface area contributed by atoms with Crippen molar-refractivity contribution in [2.45, 2.75) is 6.92 Å². The summed E-state index contributed by atoms with van der Waals surface area (Å²) >= 11 is 11.8. The van der Waals surface area contributed by atoms with Crippen LogP contribution in [0.25, 0.3) is 0 Å². The van der Waals surface area contributed by atoms with Crippen LogP contribution in [0.3, 0.4) is 0 Å². The van der Waals surface area contributed by atoms with Gasteiger partial charge in [0, 0.05) is 22.3 Å². The fourth-order valence-corrected chi connectivity index (χ4v) is 2.50. The number of carbonyl (C=O) groups excluding carboxylic acids is 1. The molecule has 0 saturated carbocycles. The summed E-state index contributed by atoms with van der Waals surface area (Å²) in [5.41, 5.74) is 3.87. The van der Waals surface area contributed by atoms with E-state index < -0.39 is 0 Å². The molecular formula is C17H17Cl2N3O3. The summed E-state index contributed by atoms with van der Waals surface area (Å²) in [6.45, 7) is 1.64. The Bertz CT molecular complexity index is 810. The molecule has 0 saturated heterocycles. The molecule has 0 atom stereocenters. The number of nitrogens with zero attached hydrogens (tertiary/aromatic N) is 1. The van der Waals surface area contributed by atoms with E-state index in [4.69, 9.17) is 27.9 Å². The van der Waals surface area contributed by atoms with Gasteiger partial charge in [-0.05, 0) is 31.2 Å². The van der Waals surface area contributed by atoms with Crippen LogP contribution in [0.2, 0.25) is 10.0 Å². The molecule has 0 spiro atoms. The summed E-state index contributed by atoms with van der Waals surface area (Å²) < 4.78 is 5.11. The molecular weight excluding hydrogens is 365 g/mol. The van der Waals surface area contributed by atoms with Crippen molar-refractivity contribution in [2.75, 3.05) is 19.0 Å². The van der Waals surface area contributed by atoms with Crippen LogP contribution in [0.1, 0.15) is 12.5 Å². The molecule has 6 nitrogen and oxygen atoms in total. The summed E-state index contributed by atoms with van der Waals surface area (Å²) in [7, 11) is 1.57. The highest BCUT2D eigenvalue weighted by atomic mass is 35.5. The predicted octanol–water partition coefficient (Wildman–Crippen LogP) is 3.66.